The molecule has 0 saturated heterocycles. The molecule has 0 radical (unpaired) electrons. The molecule has 0 heterocycles. The van der Waals surface area contributed by atoms with Gasteiger partial charge in [-0.3, -0.25) is 4.79 Å². The molecule has 0 bridgehead atoms. The number of benzene rings is 2. The minimum atomic E-state index is -0.100. The molecule has 104 valence electrons. The SMILES string of the molecule is COc1ccc(C(=O)c2cc(C)cc(Cl)c2)cc1OC. The molecule has 0 amide bonds. The van der Waals surface area contributed by atoms with Gasteiger partial charge in [0.15, 0.2) is 17.3 Å². The van der Waals surface area contributed by atoms with Crippen molar-refractivity contribution in [1.29, 1.82) is 0 Å². The van der Waals surface area contributed by atoms with Crippen LogP contribution in [0, 0.1) is 6.92 Å². The van der Waals surface area contributed by atoms with Crippen LogP contribution in [0.15, 0.2) is 36.4 Å². The maximum atomic E-state index is 12.5. The third-order valence-corrected chi connectivity index (χ3v) is 3.17. The van der Waals surface area contributed by atoms with Gasteiger partial charge in [0, 0.05) is 16.1 Å². The Balaban J connectivity index is 2.42. The van der Waals surface area contributed by atoms with E-state index in [1.807, 2.05) is 19.1 Å². The molecule has 4 heteroatoms. The normalized spacial score (nSPS) is 10.2. The summed E-state index contributed by atoms with van der Waals surface area (Å²) in [5.74, 6) is 1.01. The Kier molecular flexibility index (Phi) is 4.30. The van der Waals surface area contributed by atoms with Gasteiger partial charge in [-0.05, 0) is 48.9 Å². The molecule has 0 unspecified atom stereocenters. The first-order valence-electron chi connectivity index (χ1n) is 6.09. The number of halogens is 1. The van der Waals surface area contributed by atoms with Crippen molar-refractivity contribution < 1.29 is 14.3 Å². The fourth-order valence-corrected chi connectivity index (χ4v) is 2.30. The van der Waals surface area contributed by atoms with Gasteiger partial charge >= 0.3 is 0 Å². The number of hydrogen-bond acceptors (Lipinski definition) is 3. The molecule has 0 aliphatic carbocycles. The van der Waals surface area contributed by atoms with Crippen LogP contribution in [0.5, 0.6) is 11.5 Å². The summed E-state index contributed by atoms with van der Waals surface area (Å²) in [7, 11) is 3.09. The maximum absolute atomic E-state index is 12.5. The summed E-state index contributed by atoms with van der Waals surface area (Å²) in [6.45, 7) is 1.90. The lowest BCUT2D eigenvalue weighted by atomic mass is 10.0. The summed E-state index contributed by atoms with van der Waals surface area (Å²) >= 11 is 5.99. The summed E-state index contributed by atoms with van der Waals surface area (Å²) in [6, 6.07) is 10.4. The number of ether oxygens (including phenoxy) is 2. The molecular weight excluding hydrogens is 276 g/mol. The van der Waals surface area contributed by atoms with Crippen LogP contribution in [-0.4, -0.2) is 20.0 Å². The van der Waals surface area contributed by atoms with Crippen molar-refractivity contribution in [3.63, 3.8) is 0 Å². The van der Waals surface area contributed by atoms with E-state index in [2.05, 4.69) is 0 Å². The van der Waals surface area contributed by atoms with E-state index in [-0.39, 0.29) is 5.78 Å². The van der Waals surface area contributed by atoms with Crippen LogP contribution < -0.4 is 9.47 Å². The Labute approximate surface area is 123 Å². The highest BCUT2D eigenvalue weighted by atomic mass is 35.5. The number of ketones is 1. The van der Waals surface area contributed by atoms with Gasteiger partial charge in [0.1, 0.15) is 0 Å². The lowest BCUT2D eigenvalue weighted by Gasteiger charge is -2.09. The fraction of sp³-hybridized carbons (Fsp3) is 0.188. The average molecular weight is 291 g/mol. The van der Waals surface area contributed by atoms with Crippen molar-refractivity contribution in [2.45, 2.75) is 6.92 Å². The Hall–Kier alpha value is -2.00. The first-order chi connectivity index (χ1) is 9.55. The topological polar surface area (TPSA) is 35.5 Å². The quantitative estimate of drug-likeness (QED) is 0.801. The molecule has 0 aliphatic heterocycles. The smallest absolute Gasteiger partial charge is 0.193 e. The van der Waals surface area contributed by atoms with E-state index in [4.69, 9.17) is 21.1 Å². The van der Waals surface area contributed by atoms with Gasteiger partial charge in [-0.2, -0.15) is 0 Å². The molecular formula is C16H15ClO3. The lowest BCUT2D eigenvalue weighted by Crippen LogP contribution is -2.03. The summed E-state index contributed by atoms with van der Waals surface area (Å²) in [4.78, 5) is 12.5. The van der Waals surface area contributed by atoms with Crippen molar-refractivity contribution in [2.75, 3.05) is 14.2 Å². The highest BCUT2D eigenvalue weighted by Crippen LogP contribution is 2.29. The van der Waals surface area contributed by atoms with E-state index in [1.165, 1.54) is 7.11 Å². The van der Waals surface area contributed by atoms with Crippen LogP contribution in [0.3, 0.4) is 0 Å². The Morgan fingerprint density at radius 3 is 2.25 bits per heavy atom. The summed E-state index contributed by atoms with van der Waals surface area (Å²) < 4.78 is 10.4. The van der Waals surface area contributed by atoms with Gasteiger partial charge in [0.05, 0.1) is 14.2 Å². The molecule has 3 nitrogen and oxygen atoms in total. The van der Waals surface area contributed by atoms with Crippen LogP contribution in [0.2, 0.25) is 5.02 Å². The molecule has 0 atom stereocenters. The maximum Gasteiger partial charge on any atom is 0.193 e. The van der Waals surface area contributed by atoms with Crippen LogP contribution in [0.4, 0.5) is 0 Å². The summed E-state index contributed by atoms with van der Waals surface area (Å²) in [6.07, 6.45) is 0. The Morgan fingerprint density at radius 2 is 1.65 bits per heavy atom. The summed E-state index contributed by atoms with van der Waals surface area (Å²) in [5.41, 5.74) is 2.04. The van der Waals surface area contributed by atoms with Crippen molar-refractivity contribution in [3.05, 3.63) is 58.1 Å². The van der Waals surface area contributed by atoms with Crippen LogP contribution in [0.1, 0.15) is 21.5 Å². The monoisotopic (exact) mass is 290 g/mol. The molecule has 0 spiro atoms. The number of methoxy groups -OCH3 is 2. The van der Waals surface area contributed by atoms with E-state index in [0.29, 0.717) is 27.6 Å². The molecule has 0 aromatic heterocycles. The summed E-state index contributed by atoms with van der Waals surface area (Å²) in [5, 5.41) is 0.550. The van der Waals surface area contributed by atoms with Gasteiger partial charge < -0.3 is 9.47 Å². The first kappa shape index (κ1) is 14.4. The van der Waals surface area contributed by atoms with Gasteiger partial charge in [0.25, 0.3) is 0 Å². The number of aryl methyl sites for hydroxylation is 1. The van der Waals surface area contributed by atoms with Crippen molar-refractivity contribution in [2.24, 2.45) is 0 Å². The average Bonchev–Trinajstić information content (AvgIpc) is 2.44. The number of carbonyl (C=O) groups is 1. The Morgan fingerprint density at radius 1 is 0.950 bits per heavy atom. The molecule has 20 heavy (non-hydrogen) atoms. The van der Waals surface area contributed by atoms with Crippen LogP contribution in [0.25, 0.3) is 0 Å². The van der Waals surface area contributed by atoms with Gasteiger partial charge in [-0.25, -0.2) is 0 Å². The van der Waals surface area contributed by atoms with Gasteiger partial charge in [0.2, 0.25) is 0 Å². The minimum absolute atomic E-state index is 0.100. The number of rotatable bonds is 4. The lowest BCUT2D eigenvalue weighted by molar-refractivity contribution is 0.103. The fourth-order valence-electron chi connectivity index (χ4n) is 2.01. The molecule has 0 aliphatic rings. The third-order valence-electron chi connectivity index (χ3n) is 2.95. The zero-order chi connectivity index (χ0) is 14.7. The highest BCUT2D eigenvalue weighted by Gasteiger charge is 2.13. The second kappa shape index (κ2) is 5.97. The highest BCUT2D eigenvalue weighted by molar-refractivity contribution is 6.31. The van der Waals surface area contributed by atoms with E-state index in [0.717, 1.165) is 5.56 Å². The van der Waals surface area contributed by atoms with Crippen molar-refractivity contribution in [1.82, 2.24) is 0 Å². The molecule has 2 rings (SSSR count). The molecule has 2 aromatic carbocycles. The van der Waals surface area contributed by atoms with E-state index in [9.17, 15) is 4.79 Å². The van der Waals surface area contributed by atoms with Crippen molar-refractivity contribution >= 4 is 17.4 Å². The largest absolute Gasteiger partial charge is 0.493 e. The third kappa shape index (κ3) is 2.94. The van der Waals surface area contributed by atoms with Crippen LogP contribution in [-0.2, 0) is 0 Å². The Bertz CT molecular complexity index is 630. The minimum Gasteiger partial charge on any atom is -0.493 e. The number of hydrogen-bond donors (Lipinski definition) is 0. The van der Waals surface area contributed by atoms with E-state index in [1.54, 1.807) is 31.4 Å². The standard InChI is InChI=1S/C16H15ClO3/c1-10-6-12(8-13(17)7-10)16(18)11-4-5-14(19-2)15(9-11)20-3/h4-9H,1-3H3. The van der Waals surface area contributed by atoms with E-state index >= 15 is 0 Å². The zero-order valence-corrected chi connectivity index (χ0v) is 12.3. The molecule has 0 fully saturated rings. The predicted molar refractivity (Wildman–Crippen MR) is 79.2 cm³/mol. The van der Waals surface area contributed by atoms with Gasteiger partial charge in [-0.15, -0.1) is 0 Å². The molecule has 0 saturated carbocycles. The van der Waals surface area contributed by atoms with Crippen molar-refractivity contribution in [3.8, 4) is 11.5 Å². The predicted octanol–water partition coefficient (Wildman–Crippen LogP) is 3.90. The first-order valence-corrected chi connectivity index (χ1v) is 6.47. The molecule has 2 aromatic rings. The second-order valence-corrected chi connectivity index (χ2v) is 4.85. The zero-order valence-electron chi connectivity index (χ0n) is 11.6. The number of carbonyl (C=O) groups excluding carboxylic acids is 1. The van der Waals surface area contributed by atoms with Gasteiger partial charge in [-0.1, -0.05) is 11.6 Å². The molecule has 0 N–H and O–H groups in total. The van der Waals surface area contributed by atoms with Crippen LogP contribution >= 0.6 is 11.6 Å². The van der Waals surface area contributed by atoms with E-state index < -0.39 is 0 Å². The second-order valence-electron chi connectivity index (χ2n) is 4.42.